The lowest BCUT2D eigenvalue weighted by Gasteiger charge is -2.43. The molecule has 0 radical (unpaired) electrons. The number of piperidine rings is 1. The lowest BCUT2D eigenvalue weighted by molar-refractivity contribution is -0.00608. The standard InChI is InChI=1S/C23H22F5N3O2/c1-2-16(31-15-6-4-3-5-14(15)29-23(31)32)30-11-7-8-12(30)10-13(9-11)33-22-20(27)18(25)17(24)19(26)21(22)28/h3-6,11-13,16H,2,7-10H2,1H3,(H,29,32). The average molecular weight is 467 g/mol. The molecule has 2 aromatic carbocycles. The van der Waals surface area contributed by atoms with E-state index in [1.807, 2.05) is 31.2 Å². The van der Waals surface area contributed by atoms with Gasteiger partial charge in [-0.3, -0.25) is 9.47 Å². The molecule has 2 aliphatic heterocycles. The van der Waals surface area contributed by atoms with E-state index in [0.717, 1.165) is 23.9 Å². The molecule has 3 unspecified atom stereocenters. The minimum absolute atomic E-state index is 0.0551. The maximum Gasteiger partial charge on any atom is 0.327 e. The number of nitrogens with one attached hydrogen (secondary N) is 1. The predicted molar refractivity (Wildman–Crippen MR) is 110 cm³/mol. The van der Waals surface area contributed by atoms with Gasteiger partial charge in [0.15, 0.2) is 5.75 Å². The predicted octanol–water partition coefficient (Wildman–Crippen LogP) is 5.01. The van der Waals surface area contributed by atoms with Gasteiger partial charge in [-0.1, -0.05) is 19.1 Å². The van der Waals surface area contributed by atoms with Gasteiger partial charge in [-0.05, 0) is 44.2 Å². The van der Waals surface area contributed by atoms with Gasteiger partial charge in [0.2, 0.25) is 29.1 Å². The van der Waals surface area contributed by atoms with Gasteiger partial charge in [0.25, 0.3) is 0 Å². The van der Waals surface area contributed by atoms with E-state index < -0.39 is 40.9 Å². The molecule has 5 rings (SSSR count). The zero-order valence-electron chi connectivity index (χ0n) is 17.8. The smallest absolute Gasteiger partial charge is 0.327 e. The highest BCUT2D eigenvalue weighted by Gasteiger charge is 2.46. The number of aromatic nitrogens is 2. The number of para-hydroxylation sites is 2. The molecule has 2 aliphatic rings. The van der Waals surface area contributed by atoms with E-state index in [1.165, 1.54) is 0 Å². The highest BCUT2D eigenvalue weighted by atomic mass is 19.2. The minimum atomic E-state index is -2.21. The van der Waals surface area contributed by atoms with Crippen LogP contribution in [-0.4, -0.2) is 32.6 Å². The number of ether oxygens (including phenoxy) is 1. The Morgan fingerprint density at radius 1 is 0.970 bits per heavy atom. The first-order valence-electron chi connectivity index (χ1n) is 11.0. The number of benzene rings is 2. The summed E-state index contributed by atoms with van der Waals surface area (Å²) >= 11 is 0. The van der Waals surface area contributed by atoms with Crippen LogP contribution in [0, 0.1) is 29.1 Å². The second-order valence-electron chi connectivity index (χ2n) is 8.65. The summed E-state index contributed by atoms with van der Waals surface area (Å²) in [4.78, 5) is 17.9. The summed E-state index contributed by atoms with van der Waals surface area (Å²) in [6.45, 7) is 1.98. The Bertz CT molecular complexity index is 1230. The molecule has 1 aromatic heterocycles. The molecule has 33 heavy (non-hydrogen) atoms. The summed E-state index contributed by atoms with van der Waals surface area (Å²) in [6, 6.07) is 7.30. The third kappa shape index (κ3) is 3.42. The van der Waals surface area contributed by atoms with Crippen LogP contribution >= 0.6 is 0 Å². The number of H-pyrrole nitrogens is 1. The van der Waals surface area contributed by atoms with Gasteiger partial charge in [-0.25, -0.2) is 18.0 Å². The molecule has 176 valence electrons. The van der Waals surface area contributed by atoms with Crippen molar-refractivity contribution in [3.8, 4) is 5.75 Å². The zero-order valence-corrected chi connectivity index (χ0v) is 17.8. The van der Waals surface area contributed by atoms with E-state index in [4.69, 9.17) is 4.74 Å². The Morgan fingerprint density at radius 3 is 2.15 bits per heavy atom. The van der Waals surface area contributed by atoms with Gasteiger partial charge in [0.1, 0.15) is 6.10 Å². The average Bonchev–Trinajstić information content (AvgIpc) is 3.27. The third-order valence-corrected chi connectivity index (χ3v) is 6.83. The molecule has 3 heterocycles. The summed E-state index contributed by atoms with van der Waals surface area (Å²) in [6.07, 6.45) is 1.99. The molecule has 0 saturated carbocycles. The highest BCUT2D eigenvalue weighted by molar-refractivity contribution is 5.75. The number of hydrogen-bond acceptors (Lipinski definition) is 3. The maximum atomic E-state index is 14.1. The summed E-state index contributed by atoms with van der Waals surface area (Å²) in [5, 5.41) is 0. The number of fused-ring (bicyclic) bond motifs is 3. The molecular formula is C23H22F5N3O2. The van der Waals surface area contributed by atoms with Crippen LogP contribution in [-0.2, 0) is 0 Å². The fourth-order valence-corrected chi connectivity index (χ4v) is 5.50. The molecule has 0 aliphatic carbocycles. The second-order valence-corrected chi connectivity index (χ2v) is 8.65. The van der Waals surface area contributed by atoms with Gasteiger partial charge >= 0.3 is 5.69 Å². The fourth-order valence-electron chi connectivity index (χ4n) is 5.50. The van der Waals surface area contributed by atoms with Crippen molar-refractivity contribution >= 4 is 11.0 Å². The fraction of sp³-hybridized carbons (Fsp3) is 0.435. The first kappa shape index (κ1) is 21.9. The van der Waals surface area contributed by atoms with E-state index in [1.54, 1.807) is 4.57 Å². The van der Waals surface area contributed by atoms with Crippen molar-refractivity contribution in [2.24, 2.45) is 0 Å². The van der Waals surface area contributed by atoms with E-state index in [9.17, 15) is 26.7 Å². The van der Waals surface area contributed by atoms with Crippen LogP contribution in [0.3, 0.4) is 0 Å². The van der Waals surface area contributed by atoms with Gasteiger partial charge < -0.3 is 9.72 Å². The highest BCUT2D eigenvalue weighted by Crippen LogP contribution is 2.43. The van der Waals surface area contributed by atoms with E-state index in [-0.39, 0.29) is 23.9 Å². The molecule has 3 atom stereocenters. The quantitative estimate of drug-likeness (QED) is 0.326. The van der Waals surface area contributed by atoms with Crippen LogP contribution in [0.2, 0.25) is 0 Å². The van der Waals surface area contributed by atoms with Crippen LogP contribution < -0.4 is 10.4 Å². The largest absolute Gasteiger partial charge is 0.484 e. The Hall–Kier alpha value is -2.88. The minimum Gasteiger partial charge on any atom is -0.484 e. The van der Waals surface area contributed by atoms with Gasteiger partial charge in [0, 0.05) is 12.1 Å². The molecular weight excluding hydrogens is 445 g/mol. The van der Waals surface area contributed by atoms with Crippen LogP contribution in [0.4, 0.5) is 22.0 Å². The molecule has 1 N–H and O–H groups in total. The van der Waals surface area contributed by atoms with Crippen LogP contribution in [0.15, 0.2) is 29.1 Å². The molecule has 10 heteroatoms. The van der Waals surface area contributed by atoms with E-state index in [2.05, 4.69) is 9.88 Å². The van der Waals surface area contributed by atoms with Crippen LogP contribution in [0.25, 0.3) is 11.0 Å². The molecule has 3 aromatic rings. The Balaban J connectivity index is 1.42. The molecule has 0 spiro atoms. The molecule has 0 amide bonds. The summed E-state index contributed by atoms with van der Waals surface area (Å²) in [5.41, 5.74) is 1.30. The van der Waals surface area contributed by atoms with Crippen LogP contribution in [0.1, 0.15) is 45.2 Å². The topological polar surface area (TPSA) is 50.3 Å². The normalized spacial score (nSPS) is 23.9. The Labute approximate surface area is 185 Å². The number of imidazole rings is 1. The number of aromatic amines is 1. The molecule has 5 nitrogen and oxygen atoms in total. The number of nitrogens with zero attached hydrogens (tertiary/aromatic N) is 2. The number of rotatable bonds is 5. The van der Waals surface area contributed by atoms with Crippen molar-refractivity contribution in [3.05, 3.63) is 63.8 Å². The Morgan fingerprint density at radius 2 is 1.55 bits per heavy atom. The van der Waals surface area contributed by atoms with Gasteiger partial charge in [-0.15, -0.1) is 0 Å². The zero-order chi connectivity index (χ0) is 23.4. The lowest BCUT2D eigenvalue weighted by Crippen LogP contribution is -2.50. The maximum absolute atomic E-state index is 14.1. The van der Waals surface area contributed by atoms with Crippen molar-refractivity contribution in [2.75, 3.05) is 0 Å². The first-order valence-corrected chi connectivity index (χ1v) is 11.0. The van der Waals surface area contributed by atoms with Crippen molar-refractivity contribution in [2.45, 2.75) is 63.4 Å². The molecule has 2 saturated heterocycles. The third-order valence-electron chi connectivity index (χ3n) is 6.83. The van der Waals surface area contributed by atoms with E-state index in [0.29, 0.717) is 19.3 Å². The van der Waals surface area contributed by atoms with Gasteiger partial charge in [0.05, 0.1) is 17.2 Å². The number of hydrogen-bond donors (Lipinski definition) is 1. The SMILES string of the molecule is CCC(N1C2CCC1CC(Oc1c(F)c(F)c(F)c(F)c1F)C2)n1c(=O)[nH]c2ccccc21. The molecule has 2 bridgehead atoms. The van der Waals surface area contributed by atoms with E-state index >= 15 is 0 Å². The van der Waals surface area contributed by atoms with Crippen molar-refractivity contribution < 1.29 is 26.7 Å². The van der Waals surface area contributed by atoms with Crippen molar-refractivity contribution in [1.29, 1.82) is 0 Å². The van der Waals surface area contributed by atoms with Gasteiger partial charge in [-0.2, -0.15) is 8.78 Å². The second kappa shape index (κ2) is 8.16. The van der Waals surface area contributed by atoms with Crippen molar-refractivity contribution in [1.82, 2.24) is 14.5 Å². The van der Waals surface area contributed by atoms with Crippen molar-refractivity contribution in [3.63, 3.8) is 0 Å². The number of halogens is 5. The first-order chi connectivity index (χ1) is 15.8. The molecule has 2 fully saturated rings. The summed E-state index contributed by atoms with van der Waals surface area (Å²) < 4.78 is 75.8. The lowest BCUT2D eigenvalue weighted by atomic mass is 9.98. The Kier molecular flexibility index (Phi) is 5.43. The monoisotopic (exact) mass is 467 g/mol. The summed E-state index contributed by atoms with van der Waals surface area (Å²) in [5.74, 6) is -11.4. The summed E-state index contributed by atoms with van der Waals surface area (Å²) in [7, 11) is 0. The van der Waals surface area contributed by atoms with Crippen LogP contribution in [0.5, 0.6) is 5.75 Å².